The molecule has 212 valence electrons. The number of aryl methyl sites for hydroxylation is 1. The van der Waals surface area contributed by atoms with Gasteiger partial charge in [-0.25, -0.2) is 8.42 Å². The van der Waals surface area contributed by atoms with Crippen LogP contribution < -0.4 is 9.92 Å². The normalized spacial score (nSPS) is 17.4. The molecule has 40 heavy (non-hydrogen) atoms. The van der Waals surface area contributed by atoms with Crippen LogP contribution in [0.4, 0.5) is 0 Å². The van der Waals surface area contributed by atoms with Crippen molar-refractivity contribution in [2.45, 2.75) is 63.8 Å². The molecule has 4 rings (SSSR count). The van der Waals surface area contributed by atoms with E-state index < -0.39 is 36.4 Å². The third-order valence-corrected chi connectivity index (χ3v) is 13.7. The van der Waals surface area contributed by atoms with Crippen molar-refractivity contribution in [3.8, 4) is 5.75 Å². The standard InChI is InChI=1S/C31H40BNO5SSi/c1-23-15-21-26(22-16-23)39(34,35)33(6)29(40(8,9)27-13-11-10-12-14-27)28(24-17-19-25(36-7)20-18-24)32-37-30(2,3)31(4,5)38-32/h10-22H,1-9H3/b29-28-. The van der Waals surface area contributed by atoms with Crippen molar-refractivity contribution >= 4 is 35.9 Å². The molecule has 1 aliphatic heterocycles. The maximum Gasteiger partial charge on any atom is 0.496 e. The Bertz CT molecular complexity index is 1470. The molecule has 0 spiro atoms. The minimum absolute atomic E-state index is 0.235. The van der Waals surface area contributed by atoms with Gasteiger partial charge in [-0.3, -0.25) is 4.31 Å². The van der Waals surface area contributed by atoms with Gasteiger partial charge in [0.15, 0.2) is 0 Å². The number of methoxy groups -OCH3 is 1. The lowest BCUT2D eigenvalue weighted by Crippen LogP contribution is -2.51. The monoisotopic (exact) mass is 577 g/mol. The smallest absolute Gasteiger partial charge is 0.496 e. The Balaban J connectivity index is 2.07. The molecule has 0 N–H and O–H groups in total. The molecule has 1 heterocycles. The summed E-state index contributed by atoms with van der Waals surface area (Å²) in [4.78, 5) is 0.235. The Hall–Kier alpha value is -2.85. The Morgan fingerprint density at radius 2 is 1.38 bits per heavy atom. The van der Waals surface area contributed by atoms with E-state index in [1.54, 1.807) is 26.3 Å². The van der Waals surface area contributed by atoms with E-state index in [0.717, 1.165) is 16.3 Å². The zero-order valence-electron chi connectivity index (χ0n) is 25.0. The Kier molecular flexibility index (Phi) is 8.17. The second kappa shape index (κ2) is 10.9. The van der Waals surface area contributed by atoms with Crippen LogP contribution in [0, 0.1) is 6.92 Å². The van der Waals surface area contributed by atoms with Gasteiger partial charge in [-0.05, 0) is 64.4 Å². The molecular formula is C31H40BNO5SSi. The highest BCUT2D eigenvalue weighted by atomic mass is 32.2. The van der Waals surface area contributed by atoms with Crippen LogP contribution in [0.3, 0.4) is 0 Å². The molecule has 0 unspecified atom stereocenters. The topological polar surface area (TPSA) is 65.1 Å². The molecular weight excluding hydrogens is 537 g/mol. The third kappa shape index (κ3) is 5.52. The Morgan fingerprint density at radius 3 is 1.88 bits per heavy atom. The highest BCUT2D eigenvalue weighted by molar-refractivity contribution is 7.89. The average molecular weight is 578 g/mol. The van der Waals surface area contributed by atoms with E-state index >= 15 is 0 Å². The van der Waals surface area contributed by atoms with Gasteiger partial charge in [0, 0.05) is 17.8 Å². The first kappa shape index (κ1) is 30.1. The van der Waals surface area contributed by atoms with Gasteiger partial charge in [0.05, 0.1) is 23.2 Å². The van der Waals surface area contributed by atoms with Crippen molar-refractivity contribution in [1.29, 1.82) is 0 Å². The van der Waals surface area contributed by atoms with Crippen LogP contribution in [-0.2, 0) is 19.3 Å². The second-order valence-electron chi connectivity index (χ2n) is 11.9. The minimum Gasteiger partial charge on any atom is -0.497 e. The lowest BCUT2D eigenvalue weighted by Gasteiger charge is -2.36. The predicted molar refractivity (Wildman–Crippen MR) is 166 cm³/mol. The van der Waals surface area contributed by atoms with Gasteiger partial charge >= 0.3 is 7.12 Å². The van der Waals surface area contributed by atoms with Gasteiger partial charge in [-0.2, -0.15) is 0 Å². The zero-order chi connectivity index (χ0) is 29.5. The Morgan fingerprint density at radius 1 is 0.850 bits per heavy atom. The van der Waals surface area contributed by atoms with Crippen LogP contribution in [0.5, 0.6) is 5.75 Å². The summed E-state index contributed by atoms with van der Waals surface area (Å²) in [5.41, 5.74) is 1.28. The van der Waals surface area contributed by atoms with E-state index in [1.165, 1.54) is 4.31 Å². The molecule has 1 fully saturated rings. The van der Waals surface area contributed by atoms with Gasteiger partial charge in [0.25, 0.3) is 10.0 Å². The van der Waals surface area contributed by atoms with Gasteiger partial charge in [0.2, 0.25) is 0 Å². The largest absolute Gasteiger partial charge is 0.497 e. The van der Waals surface area contributed by atoms with Crippen LogP contribution in [-0.4, -0.2) is 53.3 Å². The lowest BCUT2D eigenvalue weighted by molar-refractivity contribution is 0.00578. The highest BCUT2D eigenvalue weighted by Crippen LogP contribution is 2.43. The van der Waals surface area contributed by atoms with E-state index in [2.05, 4.69) is 25.2 Å². The van der Waals surface area contributed by atoms with Crippen molar-refractivity contribution in [1.82, 2.24) is 4.31 Å². The van der Waals surface area contributed by atoms with E-state index in [1.807, 2.05) is 89.2 Å². The van der Waals surface area contributed by atoms with Crippen molar-refractivity contribution < 1.29 is 22.5 Å². The summed E-state index contributed by atoms with van der Waals surface area (Å²) in [5, 5.41) is 1.79. The van der Waals surface area contributed by atoms with Gasteiger partial charge in [-0.15, -0.1) is 0 Å². The SMILES string of the molecule is COc1ccc(/C(B2OC(C)(C)C(C)(C)O2)=C(\N(C)S(=O)(=O)c2ccc(C)cc2)[Si](C)(C)c2ccccc2)cc1. The summed E-state index contributed by atoms with van der Waals surface area (Å²) >= 11 is 0. The fraction of sp³-hybridized carbons (Fsp3) is 0.355. The van der Waals surface area contributed by atoms with E-state index in [9.17, 15) is 8.42 Å². The first-order valence-corrected chi connectivity index (χ1v) is 17.9. The summed E-state index contributed by atoms with van der Waals surface area (Å²) in [7, 11) is -4.16. The van der Waals surface area contributed by atoms with Gasteiger partial charge < -0.3 is 14.0 Å². The molecule has 1 aliphatic rings. The molecule has 0 aromatic heterocycles. The molecule has 1 saturated heterocycles. The summed E-state index contributed by atoms with van der Waals surface area (Å²) in [6.45, 7) is 14.3. The van der Waals surface area contributed by atoms with Gasteiger partial charge in [-0.1, -0.05) is 78.4 Å². The molecule has 0 aliphatic carbocycles. The first-order valence-electron chi connectivity index (χ1n) is 13.5. The van der Waals surface area contributed by atoms with E-state index in [4.69, 9.17) is 14.0 Å². The molecule has 0 saturated carbocycles. The number of nitrogens with zero attached hydrogens (tertiary/aromatic N) is 1. The van der Waals surface area contributed by atoms with Crippen molar-refractivity contribution in [2.24, 2.45) is 0 Å². The van der Waals surface area contributed by atoms with Crippen molar-refractivity contribution in [2.75, 3.05) is 14.2 Å². The number of ether oxygens (including phenoxy) is 1. The summed E-state index contributed by atoms with van der Waals surface area (Å²) in [5.74, 6) is 0.707. The van der Waals surface area contributed by atoms with Crippen LogP contribution in [0.1, 0.15) is 38.8 Å². The molecule has 3 aromatic rings. The number of hydrogen-bond acceptors (Lipinski definition) is 5. The predicted octanol–water partition coefficient (Wildman–Crippen LogP) is 5.82. The molecule has 0 bridgehead atoms. The van der Waals surface area contributed by atoms with Gasteiger partial charge in [0.1, 0.15) is 13.8 Å². The fourth-order valence-electron chi connectivity index (χ4n) is 5.00. The van der Waals surface area contributed by atoms with Crippen LogP contribution in [0.2, 0.25) is 13.1 Å². The molecule has 0 amide bonds. The van der Waals surface area contributed by atoms with E-state index in [0.29, 0.717) is 16.5 Å². The number of benzene rings is 3. The van der Waals surface area contributed by atoms with Crippen molar-refractivity contribution in [3.63, 3.8) is 0 Å². The number of rotatable bonds is 8. The zero-order valence-corrected chi connectivity index (χ0v) is 26.8. The maximum absolute atomic E-state index is 14.3. The fourth-order valence-corrected chi connectivity index (χ4v) is 10.2. The van der Waals surface area contributed by atoms with E-state index in [-0.39, 0.29) is 4.90 Å². The van der Waals surface area contributed by atoms with Crippen molar-refractivity contribution in [3.05, 3.63) is 95.3 Å². The number of sulfonamides is 1. The van der Waals surface area contributed by atoms with Crippen LogP contribution >= 0.6 is 0 Å². The minimum atomic E-state index is -3.92. The van der Waals surface area contributed by atoms with Crippen LogP contribution in [0.25, 0.3) is 5.47 Å². The Labute approximate surface area is 241 Å². The molecule has 3 aromatic carbocycles. The maximum atomic E-state index is 14.3. The first-order chi connectivity index (χ1) is 18.6. The second-order valence-corrected chi connectivity index (χ2v) is 18.1. The summed E-state index contributed by atoms with van der Waals surface area (Å²) in [6, 6.07) is 24.7. The average Bonchev–Trinajstić information content (AvgIpc) is 3.13. The quantitative estimate of drug-likeness (QED) is 0.316. The molecule has 0 atom stereocenters. The highest BCUT2D eigenvalue weighted by Gasteiger charge is 2.54. The van der Waals surface area contributed by atoms with Crippen LogP contribution in [0.15, 0.2) is 89.1 Å². The third-order valence-electron chi connectivity index (χ3n) is 8.23. The summed E-state index contributed by atoms with van der Waals surface area (Å²) in [6.07, 6.45) is 0. The molecule has 6 nitrogen and oxygen atoms in total. The number of hydrogen-bond donors (Lipinski definition) is 0. The lowest BCUT2D eigenvalue weighted by atomic mass is 9.74. The molecule has 9 heteroatoms. The molecule has 0 radical (unpaired) electrons. The summed E-state index contributed by atoms with van der Waals surface area (Å²) < 4.78 is 48.7.